The molecule has 0 fully saturated rings. The van der Waals surface area contributed by atoms with E-state index in [1.54, 1.807) is 6.92 Å². The van der Waals surface area contributed by atoms with Gasteiger partial charge in [0.05, 0.1) is 11.7 Å². The molecule has 0 aliphatic carbocycles. The zero-order valence-electron chi connectivity index (χ0n) is 14.8. The van der Waals surface area contributed by atoms with Crippen LogP contribution in [0.4, 0.5) is 0 Å². The van der Waals surface area contributed by atoms with Crippen molar-refractivity contribution >= 4 is 11.6 Å². The molecular weight excluding hydrogens is 300 g/mol. The lowest BCUT2D eigenvalue weighted by Crippen LogP contribution is -2.42. The Bertz CT molecular complexity index is 804. The van der Waals surface area contributed by atoms with Gasteiger partial charge in [-0.15, -0.1) is 0 Å². The molecule has 0 saturated heterocycles. The Morgan fingerprint density at radius 1 is 1.17 bits per heavy atom. The monoisotopic (exact) mass is 324 g/mol. The van der Waals surface area contributed by atoms with E-state index in [0.29, 0.717) is 11.3 Å². The minimum Gasteiger partial charge on any atom is -0.355 e. The largest absolute Gasteiger partial charge is 0.355 e. The Morgan fingerprint density at radius 2 is 1.83 bits per heavy atom. The Balaban J connectivity index is 1.84. The van der Waals surface area contributed by atoms with Gasteiger partial charge in [0.15, 0.2) is 11.6 Å². The number of hydrogen-bond acceptors (Lipinski definition) is 3. The number of carbonyl (C=O) groups excluding carboxylic acids is 2. The first kappa shape index (κ1) is 16.7. The van der Waals surface area contributed by atoms with Gasteiger partial charge in [-0.2, -0.15) is 0 Å². The number of Topliss-reactive ketones (excluding diaryl/α,β-unsaturated/α-hetero) is 2. The highest BCUT2D eigenvalue weighted by Crippen LogP contribution is 2.24. The number of rotatable bonds is 4. The van der Waals surface area contributed by atoms with Crippen LogP contribution in [0.2, 0.25) is 0 Å². The maximum Gasteiger partial charge on any atom is 0.196 e. The maximum atomic E-state index is 13.0. The molecule has 1 aromatic heterocycles. The topological polar surface area (TPSA) is 53.2 Å². The van der Waals surface area contributed by atoms with Crippen molar-refractivity contribution in [3.05, 3.63) is 57.9 Å². The molecule has 24 heavy (non-hydrogen) atoms. The van der Waals surface area contributed by atoms with Crippen LogP contribution in [0.15, 0.2) is 24.3 Å². The first-order valence-corrected chi connectivity index (χ1v) is 8.45. The minimum absolute atomic E-state index is 0.000136. The van der Waals surface area contributed by atoms with Gasteiger partial charge in [-0.05, 0) is 50.8 Å². The summed E-state index contributed by atoms with van der Waals surface area (Å²) in [6.45, 7) is 8.87. The van der Waals surface area contributed by atoms with Crippen molar-refractivity contribution in [2.45, 2.75) is 46.7 Å². The van der Waals surface area contributed by atoms with Crippen molar-refractivity contribution in [3.63, 3.8) is 0 Å². The number of nitrogens with zero attached hydrogens (tertiary/aromatic N) is 1. The first-order valence-electron chi connectivity index (χ1n) is 8.45. The molecule has 0 bridgehead atoms. The van der Waals surface area contributed by atoms with E-state index < -0.39 is 0 Å². The third kappa shape index (κ3) is 2.82. The van der Waals surface area contributed by atoms with Crippen LogP contribution in [0.25, 0.3) is 0 Å². The van der Waals surface area contributed by atoms with Crippen molar-refractivity contribution < 1.29 is 9.59 Å². The van der Waals surface area contributed by atoms with Gasteiger partial charge >= 0.3 is 0 Å². The van der Waals surface area contributed by atoms with Crippen LogP contribution in [0, 0.1) is 13.8 Å². The molecule has 1 aliphatic heterocycles. The zero-order valence-corrected chi connectivity index (χ0v) is 14.8. The summed E-state index contributed by atoms with van der Waals surface area (Å²) in [5, 5.41) is 0. The van der Waals surface area contributed by atoms with E-state index in [0.717, 1.165) is 30.8 Å². The quantitative estimate of drug-likeness (QED) is 0.876. The van der Waals surface area contributed by atoms with Crippen LogP contribution >= 0.6 is 0 Å². The summed E-state index contributed by atoms with van der Waals surface area (Å²) in [5.41, 5.74) is 5.44. The number of benzene rings is 1. The van der Waals surface area contributed by atoms with E-state index in [1.165, 1.54) is 11.1 Å². The van der Waals surface area contributed by atoms with Crippen molar-refractivity contribution in [2.75, 3.05) is 6.54 Å². The minimum atomic E-state index is -0.213. The lowest BCUT2D eigenvalue weighted by molar-refractivity contribution is 0.0814. The fourth-order valence-corrected chi connectivity index (χ4v) is 3.75. The normalized spacial score (nSPS) is 15.8. The Kier molecular flexibility index (Phi) is 4.41. The third-order valence-electron chi connectivity index (χ3n) is 5.12. The second kappa shape index (κ2) is 6.36. The number of carbonyl (C=O) groups is 2. The van der Waals surface area contributed by atoms with E-state index in [9.17, 15) is 9.59 Å². The summed E-state index contributed by atoms with van der Waals surface area (Å²) in [6, 6.07) is 8.20. The summed E-state index contributed by atoms with van der Waals surface area (Å²) >= 11 is 0. The van der Waals surface area contributed by atoms with Gasteiger partial charge in [-0.3, -0.25) is 14.5 Å². The average Bonchev–Trinajstić information content (AvgIpc) is 2.87. The highest BCUT2D eigenvalue weighted by atomic mass is 16.1. The van der Waals surface area contributed by atoms with Crippen LogP contribution in [-0.2, 0) is 13.0 Å². The molecule has 1 unspecified atom stereocenters. The Labute approximate surface area is 142 Å². The number of aryl methyl sites for hydroxylation is 1. The molecule has 0 saturated carbocycles. The fraction of sp³-hybridized carbons (Fsp3) is 0.400. The molecule has 2 aromatic rings. The van der Waals surface area contributed by atoms with E-state index in [4.69, 9.17) is 0 Å². The van der Waals surface area contributed by atoms with E-state index in [1.807, 2.05) is 26.8 Å². The van der Waals surface area contributed by atoms with Gasteiger partial charge in [0, 0.05) is 24.3 Å². The molecule has 2 heterocycles. The van der Waals surface area contributed by atoms with Crippen LogP contribution in [-0.4, -0.2) is 34.0 Å². The molecule has 0 radical (unpaired) electrons. The molecule has 1 N–H and O–H groups in total. The second-order valence-electron chi connectivity index (χ2n) is 6.71. The predicted molar refractivity (Wildman–Crippen MR) is 94.6 cm³/mol. The molecule has 0 amide bonds. The van der Waals surface area contributed by atoms with E-state index in [2.05, 4.69) is 28.1 Å². The van der Waals surface area contributed by atoms with Crippen molar-refractivity contribution in [1.29, 1.82) is 0 Å². The number of H-pyrrole nitrogens is 1. The molecule has 1 aliphatic rings. The molecule has 126 valence electrons. The van der Waals surface area contributed by atoms with Gasteiger partial charge in [0.2, 0.25) is 0 Å². The van der Waals surface area contributed by atoms with Gasteiger partial charge in [-0.1, -0.05) is 24.3 Å². The third-order valence-corrected chi connectivity index (χ3v) is 5.12. The highest BCUT2D eigenvalue weighted by molar-refractivity contribution is 6.05. The molecule has 1 aromatic carbocycles. The molecule has 0 spiro atoms. The van der Waals surface area contributed by atoms with Crippen LogP contribution in [0.1, 0.15) is 57.1 Å². The van der Waals surface area contributed by atoms with Gasteiger partial charge in [-0.25, -0.2) is 0 Å². The summed E-state index contributed by atoms with van der Waals surface area (Å²) in [5.74, 6) is 0.0577. The fourth-order valence-electron chi connectivity index (χ4n) is 3.75. The Morgan fingerprint density at radius 3 is 2.46 bits per heavy atom. The number of ketones is 2. The Hall–Kier alpha value is -2.20. The number of aromatic amines is 1. The number of nitrogens with one attached hydrogen (secondary N) is 1. The van der Waals surface area contributed by atoms with E-state index >= 15 is 0 Å². The van der Waals surface area contributed by atoms with E-state index in [-0.39, 0.29) is 17.6 Å². The van der Waals surface area contributed by atoms with Crippen LogP contribution in [0.3, 0.4) is 0 Å². The number of aromatic nitrogens is 1. The maximum absolute atomic E-state index is 13.0. The average molecular weight is 324 g/mol. The standard InChI is InChI=1S/C20H24N2O2/c1-12-18(15(4)23)13(2)21-19(12)20(24)14(3)22-10-9-16-7-5-6-8-17(16)11-22/h5-8,14,21H,9-11H2,1-4H3. The van der Waals surface area contributed by atoms with Gasteiger partial charge in [0.25, 0.3) is 0 Å². The van der Waals surface area contributed by atoms with Gasteiger partial charge in [0.1, 0.15) is 0 Å². The second-order valence-corrected chi connectivity index (χ2v) is 6.71. The highest BCUT2D eigenvalue weighted by Gasteiger charge is 2.29. The lowest BCUT2D eigenvalue weighted by Gasteiger charge is -2.32. The smallest absolute Gasteiger partial charge is 0.196 e. The summed E-state index contributed by atoms with van der Waals surface area (Å²) in [7, 11) is 0. The predicted octanol–water partition coefficient (Wildman–Crippen LogP) is 3.46. The molecule has 4 heteroatoms. The molecule has 1 atom stereocenters. The van der Waals surface area contributed by atoms with Crippen LogP contribution in [0.5, 0.6) is 0 Å². The molecule has 3 rings (SSSR count). The summed E-state index contributed by atoms with van der Waals surface area (Å²) < 4.78 is 0. The van der Waals surface area contributed by atoms with Crippen molar-refractivity contribution in [1.82, 2.24) is 9.88 Å². The first-order chi connectivity index (χ1) is 11.4. The van der Waals surface area contributed by atoms with Gasteiger partial charge < -0.3 is 4.98 Å². The summed E-state index contributed by atoms with van der Waals surface area (Å²) in [6.07, 6.45) is 0.967. The molecular formula is C20H24N2O2. The van der Waals surface area contributed by atoms with Crippen molar-refractivity contribution in [3.8, 4) is 0 Å². The summed E-state index contributed by atoms with van der Waals surface area (Å²) in [4.78, 5) is 30.1. The van der Waals surface area contributed by atoms with Crippen LogP contribution < -0.4 is 0 Å². The molecule has 4 nitrogen and oxygen atoms in total. The SMILES string of the molecule is CC(=O)c1c(C)[nH]c(C(=O)C(C)N2CCc3ccccc3C2)c1C. The number of hydrogen-bond donors (Lipinski definition) is 1. The number of fused-ring (bicyclic) bond motifs is 1. The van der Waals surface area contributed by atoms with Crippen molar-refractivity contribution in [2.24, 2.45) is 0 Å². The lowest BCUT2D eigenvalue weighted by atomic mass is 9.96. The zero-order chi connectivity index (χ0) is 17.4.